The minimum atomic E-state index is 0.113. The van der Waals surface area contributed by atoms with Crippen LogP contribution in [0.4, 0.5) is 0 Å². The molecule has 1 heterocycles. The summed E-state index contributed by atoms with van der Waals surface area (Å²) in [5, 5.41) is 7.90. The molecular weight excluding hydrogens is 238 g/mol. The molecule has 2 atom stereocenters. The van der Waals surface area contributed by atoms with Crippen LogP contribution in [0, 0.1) is 5.41 Å². The van der Waals surface area contributed by atoms with Crippen molar-refractivity contribution in [2.45, 2.75) is 59.7 Å². The van der Waals surface area contributed by atoms with E-state index in [1.165, 1.54) is 5.56 Å². The van der Waals surface area contributed by atoms with Crippen molar-refractivity contribution in [3.63, 3.8) is 0 Å². The molecular formula is C15H29N3O. The summed E-state index contributed by atoms with van der Waals surface area (Å²) in [7, 11) is 1.80. The van der Waals surface area contributed by atoms with Gasteiger partial charge in [-0.15, -0.1) is 0 Å². The van der Waals surface area contributed by atoms with E-state index in [0.717, 1.165) is 19.5 Å². The van der Waals surface area contributed by atoms with Gasteiger partial charge in [0.15, 0.2) is 0 Å². The van der Waals surface area contributed by atoms with Crippen LogP contribution in [-0.4, -0.2) is 35.6 Å². The molecule has 0 saturated carbocycles. The number of aromatic nitrogens is 2. The van der Waals surface area contributed by atoms with E-state index in [-0.39, 0.29) is 11.5 Å². The van der Waals surface area contributed by atoms with Gasteiger partial charge in [-0.25, -0.2) is 0 Å². The molecule has 0 aliphatic carbocycles. The number of likely N-dealkylation sites (N-methyl/N-ethyl adjacent to an activating group) is 1. The Morgan fingerprint density at radius 3 is 2.47 bits per heavy atom. The lowest BCUT2D eigenvalue weighted by Crippen LogP contribution is -2.48. The van der Waals surface area contributed by atoms with Crippen molar-refractivity contribution in [2.75, 3.05) is 13.7 Å². The Balaban J connectivity index is 2.81. The van der Waals surface area contributed by atoms with Crippen LogP contribution in [0.3, 0.4) is 0 Å². The summed E-state index contributed by atoms with van der Waals surface area (Å²) in [4.78, 5) is 0. The summed E-state index contributed by atoms with van der Waals surface area (Å²) in [6.45, 7) is 12.8. The van der Waals surface area contributed by atoms with Gasteiger partial charge in [0.05, 0.1) is 12.3 Å². The predicted octanol–water partition coefficient (Wildman–Crippen LogP) is 2.48. The highest BCUT2D eigenvalue weighted by Gasteiger charge is 2.32. The van der Waals surface area contributed by atoms with Crippen molar-refractivity contribution < 1.29 is 4.74 Å². The Kier molecular flexibility index (Phi) is 6.01. The van der Waals surface area contributed by atoms with Crippen LogP contribution >= 0.6 is 0 Å². The van der Waals surface area contributed by atoms with Gasteiger partial charge in [-0.1, -0.05) is 27.7 Å². The minimum Gasteiger partial charge on any atom is -0.379 e. The lowest BCUT2D eigenvalue weighted by molar-refractivity contribution is -0.0106. The lowest BCUT2D eigenvalue weighted by Gasteiger charge is -2.36. The number of hydrogen-bond acceptors (Lipinski definition) is 3. The van der Waals surface area contributed by atoms with Gasteiger partial charge in [-0.2, -0.15) is 5.10 Å². The second-order valence-electron chi connectivity index (χ2n) is 6.09. The van der Waals surface area contributed by atoms with E-state index >= 15 is 0 Å². The average Bonchev–Trinajstić information content (AvgIpc) is 2.76. The van der Waals surface area contributed by atoms with Gasteiger partial charge in [0.1, 0.15) is 0 Å². The molecule has 1 N–H and O–H groups in total. The first kappa shape index (κ1) is 16.2. The summed E-state index contributed by atoms with van der Waals surface area (Å²) in [5.74, 6) is 0. The first-order valence-corrected chi connectivity index (χ1v) is 7.19. The number of aryl methyl sites for hydroxylation is 1. The largest absolute Gasteiger partial charge is 0.379 e. The van der Waals surface area contributed by atoms with Crippen LogP contribution in [0.25, 0.3) is 0 Å². The van der Waals surface area contributed by atoms with Crippen LogP contribution in [0.5, 0.6) is 0 Å². The summed E-state index contributed by atoms with van der Waals surface area (Å²) in [6, 6.07) is 0.310. The molecule has 1 aromatic rings. The Morgan fingerprint density at radius 2 is 2.05 bits per heavy atom. The van der Waals surface area contributed by atoms with E-state index in [4.69, 9.17) is 4.74 Å². The van der Waals surface area contributed by atoms with Gasteiger partial charge in [0.25, 0.3) is 0 Å². The minimum absolute atomic E-state index is 0.113. The molecule has 19 heavy (non-hydrogen) atoms. The molecule has 0 spiro atoms. The van der Waals surface area contributed by atoms with Gasteiger partial charge < -0.3 is 10.1 Å². The number of methoxy groups -OCH3 is 1. The molecule has 0 aliphatic heterocycles. The molecule has 0 amide bonds. The third kappa shape index (κ3) is 4.62. The quantitative estimate of drug-likeness (QED) is 0.825. The fourth-order valence-corrected chi connectivity index (χ4v) is 2.61. The monoisotopic (exact) mass is 267 g/mol. The third-order valence-electron chi connectivity index (χ3n) is 3.41. The number of nitrogens with one attached hydrogen (secondary N) is 1. The van der Waals surface area contributed by atoms with Gasteiger partial charge in [-0.3, -0.25) is 4.68 Å². The summed E-state index contributed by atoms with van der Waals surface area (Å²) in [6.07, 6.45) is 5.21. The Bertz CT molecular complexity index is 368. The van der Waals surface area contributed by atoms with E-state index in [9.17, 15) is 0 Å². The van der Waals surface area contributed by atoms with E-state index < -0.39 is 0 Å². The number of ether oxygens (including phenoxy) is 1. The van der Waals surface area contributed by atoms with Gasteiger partial charge in [0.2, 0.25) is 0 Å². The number of hydrogen-bond donors (Lipinski definition) is 1. The van der Waals surface area contributed by atoms with Gasteiger partial charge in [-0.05, 0) is 30.9 Å². The maximum atomic E-state index is 5.75. The zero-order valence-corrected chi connectivity index (χ0v) is 13.2. The summed E-state index contributed by atoms with van der Waals surface area (Å²) < 4.78 is 7.71. The number of nitrogens with zero attached hydrogens (tertiary/aromatic N) is 2. The van der Waals surface area contributed by atoms with Crippen LogP contribution in [0.2, 0.25) is 0 Å². The Hall–Kier alpha value is -0.870. The number of rotatable bonds is 7. The van der Waals surface area contributed by atoms with Crippen molar-refractivity contribution in [3.8, 4) is 0 Å². The lowest BCUT2D eigenvalue weighted by atomic mass is 9.82. The second kappa shape index (κ2) is 7.06. The topological polar surface area (TPSA) is 39.1 Å². The third-order valence-corrected chi connectivity index (χ3v) is 3.41. The van der Waals surface area contributed by atoms with Gasteiger partial charge >= 0.3 is 0 Å². The molecule has 1 aromatic heterocycles. The molecule has 110 valence electrons. The van der Waals surface area contributed by atoms with Crippen LogP contribution in [0.15, 0.2) is 12.4 Å². The van der Waals surface area contributed by atoms with E-state index in [0.29, 0.717) is 6.04 Å². The fourth-order valence-electron chi connectivity index (χ4n) is 2.61. The van der Waals surface area contributed by atoms with Crippen molar-refractivity contribution in [1.82, 2.24) is 15.1 Å². The highest BCUT2D eigenvalue weighted by Crippen LogP contribution is 2.26. The van der Waals surface area contributed by atoms with E-state index in [1.54, 1.807) is 7.11 Å². The Morgan fingerprint density at radius 1 is 1.37 bits per heavy atom. The van der Waals surface area contributed by atoms with Crippen molar-refractivity contribution >= 4 is 0 Å². The highest BCUT2D eigenvalue weighted by atomic mass is 16.5. The zero-order chi connectivity index (χ0) is 14.5. The molecule has 0 fully saturated rings. The van der Waals surface area contributed by atoms with Crippen LogP contribution in [0.1, 0.15) is 40.2 Å². The smallest absolute Gasteiger partial charge is 0.0775 e. The predicted molar refractivity (Wildman–Crippen MR) is 79.3 cm³/mol. The molecule has 0 radical (unpaired) electrons. The molecule has 4 heteroatoms. The Labute approximate surface area is 117 Å². The first-order valence-electron chi connectivity index (χ1n) is 7.19. The molecule has 0 bridgehead atoms. The van der Waals surface area contributed by atoms with Crippen molar-refractivity contribution in [3.05, 3.63) is 18.0 Å². The normalized spacial score (nSPS) is 15.5. The molecule has 2 unspecified atom stereocenters. The molecule has 4 nitrogen and oxygen atoms in total. The van der Waals surface area contributed by atoms with Crippen molar-refractivity contribution in [1.29, 1.82) is 0 Å². The average molecular weight is 267 g/mol. The maximum absolute atomic E-state index is 5.75. The second-order valence-corrected chi connectivity index (χ2v) is 6.09. The fraction of sp³-hybridized carbons (Fsp3) is 0.800. The standard InChI is InChI=1S/C15H29N3O/c1-7-16-13(14(19-6)15(3,4)5)9-12-10-17-18(8-2)11-12/h10-11,13-14,16H,7-9H2,1-6H3. The SMILES string of the molecule is CCNC(Cc1cnn(CC)c1)C(OC)C(C)(C)C. The molecule has 1 rings (SSSR count). The maximum Gasteiger partial charge on any atom is 0.0775 e. The van der Waals surface area contributed by atoms with Crippen LogP contribution in [-0.2, 0) is 17.7 Å². The van der Waals surface area contributed by atoms with Crippen LogP contribution < -0.4 is 5.32 Å². The van der Waals surface area contributed by atoms with Crippen molar-refractivity contribution in [2.24, 2.45) is 5.41 Å². The van der Waals surface area contributed by atoms with E-state index in [2.05, 4.69) is 51.2 Å². The molecule has 0 aromatic carbocycles. The molecule has 0 aliphatic rings. The van der Waals surface area contributed by atoms with Gasteiger partial charge in [0, 0.05) is 25.9 Å². The molecule has 0 saturated heterocycles. The first-order chi connectivity index (χ1) is 8.92. The zero-order valence-electron chi connectivity index (χ0n) is 13.2. The summed E-state index contributed by atoms with van der Waals surface area (Å²) in [5.41, 5.74) is 1.38. The van der Waals surface area contributed by atoms with E-state index in [1.807, 2.05) is 10.9 Å². The summed E-state index contributed by atoms with van der Waals surface area (Å²) >= 11 is 0. The highest BCUT2D eigenvalue weighted by molar-refractivity contribution is 5.08.